The van der Waals surface area contributed by atoms with E-state index in [2.05, 4.69) is 31.1 Å². The fourth-order valence-electron chi connectivity index (χ4n) is 3.73. The number of carbonyl (C=O) groups excluding carboxylic acids is 1. The Kier molecular flexibility index (Phi) is 6.74. The topological polar surface area (TPSA) is 76.5 Å². The van der Waals surface area contributed by atoms with Gasteiger partial charge in [0.2, 0.25) is 5.91 Å². The van der Waals surface area contributed by atoms with Gasteiger partial charge in [-0.15, -0.1) is 0 Å². The number of morpholine rings is 1. The molecule has 1 aromatic heterocycles. The van der Waals surface area contributed by atoms with E-state index in [9.17, 15) is 14.0 Å². The van der Waals surface area contributed by atoms with Crippen LogP contribution in [0.5, 0.6) is 0 Å². The van der Waals surface area contributed by atoms with E-state index in [-0.39, 0.29) is 29.9 Å². The molecule has 1 aliphatic heterocycles. The van der Waals surface area contributed by atoms with Crippen LogP contribution < -0.4 is 10.9 Å². The van der Waals surface area contributed by atoms with Crippen molar-refractivity contribution in [2.24, 2.45) is 0 Å². The average molecular weight is 489 g/mol. The fourth-order valence-corrected chi connectivity index (χ4v) is 4.09. The van der Waals surface area contributed by atoms with Gasteiger partial charge in [-0.1, -0.05) is 28.1 Å². The summed E-state index contributed by atoms with van der Waals surface area (Å²) in [4.78, 5) is 31.8. The molecule has 7 nitrogen and oxygen atoms in total. The third kappa shape index (κ3) is 5.17. The molecule has 162 valence electrons. The molecule has 9 heteroatoms. The Balaban J connectivity index is 1.48. The van der Waals surface area contributed by atoms with Crippen molar-refractivity contribution in [1.29, 1.82) is 0 Å². The van der Waals surface area contributed by atoms with Gasteiger partial charge in [-0.25, -0.2) is 9.37 Å². The first-order chi connectivity index (χ1) is 15.0. The van der Waals surface area contributed by atoms with E-state index in [0.29, 0.717) is 43.8 Å². The van der Waals surface area contributed by atoms with Crippen molar-refractivity contribution in [2.75, 3.05) is 32.8 Å². The summed E-state index contributed by atoms with van der Waals surface area (Å²) in [7, 11) is 0. The predicted octanol–water partition coefficient (Wildman–Crippen LogP) is 2.49. The van der Waals surface area contributed by atoms with Gasteiger partial charge in [-0.05, 0) is 35.9 Å². The Hall–Kier alpha value is -2.62. The molecule has 1 aliphatic rings. The maximum atomic E-state index is 13.8. The van der Waals surface area contributed by atoms with E-state index in [0.717, 1.165) is 10.0 Å². The van der Waals surface area contributed by atoms with Crippen LogP contribution in [0.2, 0.25) is 0 Å². The van der Waals surface area contributed by atoms with Gasteiger partial charge in [0.15, 0.2) is 0 Å². The van der Waals surface area contributed by atoms with Crippen molar-refractivity contribution in [3.8, 4) is 0 Å². The van der Waals surface area contributed by atoms with E-state index in [1.165, 1.54) is 23.0 Å². The number of halogens is 2. The summed E-state index contributed by atoms with van der Waals surface area (Å²) in [6, 6.07) is 11.5. The molecule has 1 N–H and O–H groups in total. The number of nitrogens with one attached hydrogen (secondary N) is 1. The van der Waals surface area contributed by atoms with Crippen LogP contribution in [0, 0.1) is 5.82 Å². The zero-order valence-electron chi connectivity index (χ0n) is 16.8. The SMILES string of the molecule is O=C(Cn1cnc2ccc(Br)cc2c1=O)NCC(c1cccc(F)c1)N1CCOCC1. The first-order valence-electron chi connectivity index (χ1n) is 10.00. The van der Waals surface area contributed by atoms with Crippen LogP contribution in [0.3, 0.4) is 0 Å². The normalized spacial score (nSPS) is 15.7. The minimum atomic E-state index is -0.318. The minimum absolute atomic E-state index is 0.146. The molecule has 2 heterocycles. The largest absolute Gasteiger partial charge is 0.379 e. The van der Waals surface area contributed by atoms with Gasteiger partial charge in [-0.3, -0.25) is 19.1 Å². The van der Waals surface area contributed by atoms with Crippen LogP contribution in [0.25, 0.3) is 10.9 Å². The van der Waals surface area contributed by atoms with Gasteiger partial charge in [0.1, 0.15) is 12.4 Å². The number of aromatic nitrogens is 2. The first kappa shape index (κ1) is 21.6. The molecule has 1 fully saturated rings. The number of fused-ring (bicyclic) bond motifs is 1. The Morgan fingerprint density at radius 1 is 1.23 bits per heavy atom. The number of hydrogen-bond acceptors (Lipinski definition) is 5. The number of hydrogen-bond donors (Lipinski definition) is 1. The van der Waals surface area contributed by atoms with E-state index in [1.54, 1.807) is 18.2 Å². The molecule has 0 saturated carbocycles. The zero-order chi connectivity index (χ0) is 21.8. The molecule has 3 aromatic rings. The Morgan fingerprint density at radius 2 is 2.03 bits per heavy atom. The molecular weight excluding hydrogens is 467 g/mol. The van der Waals surface area contributed by atoms with Crippen molar-refractivity contribution < 1.29 is 13.9 Å². The van der Waals surface area contributed by atoms with Gasteiger partial charge < -0.3 is 10.1 Å². The van der Waals surface area contributed by atoms with Crippen LogP contribution in [0.15, 0.2) is 58.1 Å². The van der Waals surface area contributed by atoms with E-state index in [1.807, 2.05) is 12.1 Å². The number of amides is 1. The van der Waals surface area contributed by atoms with E-state index < -0.39 is 0 Å². The standard InChI is InChI=1S/C22H22BrFN4O3/c23-16-4-5-19-18(11-16)22(30)28(14-26-19)13-21(29)25-12-20(27-6-8-31-9-7-27)15-2-1-3-17(24)10-15/h1-5,10-11,14,20H,6-9,12-13H2,(H,25,29). The zero-order valence-corrected chi connectivity index (χ0v) is 18.3. The van der Waals surface area contributed by atoms with Crippen molar-refractivity contribution in [3.63, 3.8) is 0 Å². The second-order valence-corrected chi connectivity index (χ2v) is 8.28. The third-order valence-electron chi connectivity index (χ3n) is 5.31. The highest BCUT2D eigenvalue weighted by Crippen LogP contribution is 2.22. The van der Waals surface area contributed by atoms with Crippen molar-refractivity contribution >= 4 is 32.7 Å². The monoisotopic (exact) mass is 488 g/mol. The summed E-state index contributed by atoms with van der Waals surface area (Å²) in [6.07, 6.45) is 1.38. The second-order valence-electron chi connectivity index (χ2n) is 7.36. The van der Waals surface area contributed by atoms with Crippen molar-refractivity contribution in [2.45, 2.75) is 12.6 Å². The summed E-state index contributed by atoms with van der Waals surface area (Å²) in [6.45, 7) is 2.72. The highest BCUT2D eigenvalue weighted by Gasteiger charge is 2.23. The second kappa shape index (κ2) is 9.67. The molecule has 1 unspecified atom stereocenters. The fraction of sp³-hybridized carbons (Fsp3) is 0.318. The molecule has 0 spiro atoms. The predicted molar refractivity (Wildman–Crippen MR) is 118 cm³/mol. The lowest BCUT2D eigenvalue weighted by molar-refractivity contribution is -0.122. The van der Waals surface area contributed by atoms with Crippen LogP contribution in [-0.2, 0) is 16.1 Å². The number of nitrogens with zero attached hydrogens (tertiary/aromatic N) is 3. The summed E-state index contributed by atoms with van der Waals surface area (Å²) >= 11 is 3.35. The maximum Gasteiger partial charge on any atom is 0.261 e. The van der Waals surface area contributed by atoms with E-state index >= 15 is 0 Å². The molecule has 1 atom stereocenters. The number of rotatable bonds is 6. The van der Waals surface area contributed by atoms with Crippen molar-refractivity contribution in [3.05, 3.63) is 75.0 Å². The number of carbonyl (C=O) groups is 1. The lowest BCUT2D eigenvalue weighted by atomic mass is 10.0. The minimum Gasteiger partial charge on any atom is -0.379 e. The number of benzene rings is 2. The lowest BCUT2D eigenvalue weighted by Gasteiger charge is -2.35. The highest BCUT2D eigenvalue weighted by molar-refractivity contribution is 9.10. The van der Waals surface area contributed by atoms with Gasteiger partial charge in [0.25, 0.3) is 5.56 Å². The van der Waals surface area contributed by atoms with Crippen molar-refractivity contribution in [1.82, 2.24) is 19.8 Å². The quantitative estimate of drug-likeness (QED) is 0.576. The molecular formula is C22H22BrFN4O3. The van der Waals surface area contributed by atoms with Crippen LogP contribution >= 0.6 is 15.9 Å². The van der Waals surface area contributed by atoms with Gasteiger partial charge >= 0.3 is 0 Å². The summed E-state index contributed by atoms with van der Waals surface area (Å²) in [5.74, 6) is -0.630. The van der Waals surface area contributed by atoms with Gasteiger partial charge in [-0.2, -0.15) is 0 Å². The maximum absolute atomic E-state index is 13.8. The summed E-state index contributed by atoms with van der Waals surface area (Å²) in [5.41, 5.74) is 1.08. The smallest absolute Gasteiger partial charge is 0.261 e. The molecule has 31 heavy (non-hydrogen) atoms. The highest BCUT2D eigenvalue weighted by atomic mass is 79.9. The van der Waals surface area contributed by atoms with Crippen LogP contribution in [-0.4, -0.2) is 53.2 Å². The first-order valence-corrected chi connectivity index (χ1v) is 10.8. The lowest BCUT2D eigenvalue weighted by Crippen LogP contribution is -2.44. The molecule has 1 saturated heterocycles. The Morgan fingerprint density at radius 3 is 2.81 bits per heavy atom. The van der Waals surface area contributed by atoms with Gasteiger partial charge in [0, 0.05) is 24.1 Å². The van der Waals surface area contributed by atoms with Crippen LogP contribution in [0.4, 0.5) is 4.39 Å². The molecule has 0 bridgehead atoms. The Bertz CT molecular complexity index is 1150. The third-order valence-corrected chi connectivity index (χ3v) is 5.81. The molecule has 4 rings (SSSR count). The Labute approximate surface area is 187 Å². The van der Waals surface area contributed by atoms with E-state index in [4.69, 9.17) is 4.74 Å². The molecule has 1 amide bonds. The summed E-state index contributed by atoms with van der Waals surface area (Å²) < 4.78 is 21.3. The molecule has 0 aliphatic carbocycles. The average Bonchev–Trinajstić information content (AvgIpc) is 2.77. The number of ether oxygens (including phenoxy) is 1. The summed E-state index contributed by atoms with van der Waals surface area (Å²) in [5, 5.41) is 3.33. The molecule has 0 radical (unpaired) electrons. The van der Waals surface area contributed by atoms with Gasteiger partial charge in [0.05, 0.1) is 36.5 Å². The molecule has 2 aromatic carbocycles. The van der Waals surface area contributed by atoms with Crippen LogP contribution in [0.1, 0.15) is 11.6 Å².